The smallest absolute Gasteiger partial charge is 0.288 e. The van der Waals surface area contributed by atoms with Crippen LogP contribution in [0.4, 0.5) is 14.5 Å². The summed E-state index contributed by atoms with van der Waals surface area (Å²) in [5.41, 5.74) is 0.532. The Bertz CT molecular complexity index is 419. The number of hydrogen-bond acceptors (Lipinski definition) is 4. The first kappa shape index (κ1) is 16.7. The lowest BCUT2D eigenvalue weighted by atomic mass is 10.3. The number of para-hydroxylation sites is 1. The molecule has 1 rings (SSSR count). The minimum absolute atomic E-state index is 0.0494. The van der Waals surface area contributed by atoms with Gasteiger partial charge in [0.15, 0.2) is 0 Å². The van der Waals surface area contributed by atoms with Crippen LogP contribution in [-0.2, 0) is 9.53 Å². The molecule has 1 aromatic rings. The van der Waals surface area contributed by atoms with Crippen LogP contribution in [0.15, 0.2) is 29.2 Å². The summed E-state index contributed by atoms with van der Waals surface area (Å²) in [6.45, 7) is 1.16. The third kappa shape index (κ3) is 6.72. The Balaban J connectivity index is 2.39. The fourth-order valence-electron chi connectivity index (χ4n) is 1.49. The molecule has 0 saturated carbocycles. The number of hydrogen-bond donors (Lipinski definition) is 2. The van der Waals surface area contributed by atoms with Crippen molar-refractivity contribution in [2.45, 2.75) is 17.1 Å². The van der Waals surface area contributed by atoms with Gasteiger partial charge in [0.1, 0.15) is 0 Å². The van der Waals surface area contributed by atoms with Crippen molar-refractivity contribution in [2.75, 3.05) is 32.1 Å². The Kier molecular flexibility index (Phi) is 7.98. The number of rotatable bonds is 9. The van der Waals surface area contributed by atoms with Crippen molar-refractivity contribution in [1.29, 1.82) is 0 Å². The molecule has 0 aliphatic rings. The molecule has 20 heavy (non-hydrogen) atoms. The van der Waals surface area contributed by atoms with Gasteiger partial charge in [0.2, 0.25) is 5.91 Å². The van der Waals surface area contributed by atoms with Crippen LogP contribution in [0.3, 0.4) is 0 Å². The highest BCUT2D eigenvalue weighted by molar-refractivity contribution is 7.99. The molecule has 112 valence electrons. The Morgan fingerprint density at radius 3 is 2.85 bits per heavy atom. The average Bonchev–Trinajstić information content (AvgIpc) is 2.42. The van der Waals surface area contributed by atoms with Crippen molar-refractivity contribution in [3.05, 3.63) is 24.3 Å². The van der Waals surface area contributed by atoms with Gasteiger partial charge in [-0.2, -0.15) is 8.78 Å². The molecule has 4 nitrogen and oxygen atoms in total. The predicted octanol–water partition coefficient (Wildman–Crippen LogP) is 2.57. The van der Waals surface area contributed by atoms with E-state index in [1.54, 1.807) is 31.4 Å². The molecule has 0 aliphatic carbocycles. The molecule has 1 aromatic carbocycles. The van der Waals surface area contributed by atoms with Gasteiger partial charge in [-0.1, -0.05) is 23.9 Å². The summed E-state index contributed by atoms with van der Waals surface area (Å²) >= 11 is 0.457. The maximum Gasteiger partial charge on any atom is 0.288 e. The Morgan fingerprint density at radius 1 is 1.40 bits per heavy atom. The van der Waals surface area contributed by atoms with Crippen molar-refractivity contribution in [2.24, 2.45) is 0 Å². The van der Waals surface area contributed by atoms with Crippen LogP contribution in [0.1, 0.15) is 6.42 Å². The Hall–Kier alpha value is -1.34. The maximum absolute atomic E-state index is 12.4. The summed E-state index contributed by atoms with van der Waals surface area (Å²) in [4.78, 5) is 12.0. The number of ether oxygens (including phenoxy) is 1. The Labute approximate surface area is 121 Å². The van der Waals surface area contributed by atoms with Crippen LogP contribution in [0, 0.1) is 0 Å². The summed E-state index contributed by atoms with van der Waals surface area (Å²) in [5, 5.41) is 5.57. The molecule has 0 spiro atoms. The first-order chi connectivity index (χ1) is 9.63. The minimum atomic E-state index is -2.49. The van der Waals surface area contributed by atoms with Gasteiger partial charge >= 0.3 is 0 Å². The van der Waals surface area contributed by atoms with Gasteiger partial charge in [-0.15, -0.1) is 0 Å². The first-order valence-electron chi connectivity index (χ1n) is 6.17. The first-order valence-corrected chi connectivity index (χ1v) is 7.04. The van der Waals surface area contributed by atoms with E-state index < -0.39 is 5.76 Å². The van der Waals surface area contributed by atoms with E-state index in [0.29, 0.717) is 35.5 Å². The van der Waals surface area contributed by atoms with E-state index in [4.69, 9.17) is 4.74 Å². The molecule has 0 heterocycles. The van der Waals surface area contributed by atoms with E-state index in [9.17, 15) is 13.6 Å². The van der Waals surface area contributed by atoms with Gasteiger partial charge in [0.05, 0.1) is 6.54 Å². The number of amides is 1. The summed E-state index contributed by atoms with van der Waals surface area (Å²) in [6, 6.07) is 6.67. The second-order valence-electron chi connectivity index (χ2n) is 3.92. The van der Waals surface area contributed by atoms with Gasteiger partial charge in [-0.25, -0.2) is 0 Å². The monoisotopic (exact) mass is 304 g/mol. The van der Waals surface area contributed by atoms with E-state index in [0.717, 1.165) is 6.42 Å². The van der Waals surface area contributed by atoms with Crippen molar-refractivity contribution in [1.82, 2.24) is 5.32 Å². The van der Waals surface area contributed by atoms with Crippen molar-refractivity contribution in [3.8, 4) is 0 Å². The molecule has 1 amide bonds. The van der Waals surface area contributed by atoms with Gasteiger partial charge in [0, 0.05) is 30.8 Å². The maximum atomic E-state index is 12.4. The number of carbonyl (C=O) groups is 1. The van der Waals surface area contributed by atoms with Crippen LogP contribution < -0.4 is 10.6 Å². The third-order valence-electron chi connectivity index (χ3n) is 2.39. The van der Waals surface area contributed by atoms with Gasteiger partial charge in [-0.3, -0.25) is 4.79 Å². The van der Waals surface area contributed by atoms with Crippen LogP contribution >= 0.6 is 11.8 Å². The molecule has 0 radical (unpaired) electrons. The molecule has 7 heteroatoms. The Morgan fingerprint density at radius 2 is 2.15 bits per heavy atom. The quantitative estimate of drug-likeness (QED) is 0.544. The van der Waals surface area contributed by atoms with Gasteiger partial charge in [-0.05, 0) is 18.6 Å². The summed E-state index contributed by atoms with van der Waals surface area (Å²) in [7, 11) is 1.60. The third-order valence-corrected chi connectivity index (χ3v) is 3.18. The molecule has 2 N–H and O–H groups in total. The highest BCUT2D eigenvalue weighted by atomic mass is 32.2. The van der Waals surface area contributed by atoms with E-state index in [2.05, 4.69) is 10.6 Å². The van der Waals surface area contributed by atoms with Crippen LogP contribution in [-0.4, -0.2) is 38.5 Å². The fourth-order valence-corrected chi connectivity index (χ4v) is 2.11. The molecule has 0 aliphatic heterocycles. The lowest BCUT2D eigenvalue weighted by Gasteiger charge is -2.11. The molecule has 0 fully saturated rings. The van der Waals surface area contributed by atoms with Crippen molar-refractivity contribution >= 4 is 23.4 Å². The second kappa shape index (κ2) is 9.55. The largest absolute Gasteiger partial charge is 0.385 e. The number of thioether (sulfide) groups is 1. The molecule has 0 saturated heterocycles. The zero-order valence-electron chi connectivity index (χ0n) is 11.2. The van der Waals surface area contributed by atoms with Crippen LogP contribution in [0.5, 0.6) is 0 Å². The van der Waals surface area contributed by atoms with E-state index in [1.807, 2.05) is 0 Å². The van der Waals surface area contributed by atoms with Gasteiger partial charge in [0.25, 0.3) is 5.76 Å². The van der Waals surface area contributed by atoms with Crippen molar-refractivity contribution < 1.29 is 18.3 Å². The van der Waals surface area contributed by atoms with Crippen molar-refractivity contribution in [3.63, 3.8) is 0 Å². The highest BCUT2D eigenvalue weighted by Gasteiger charge is 2.10. The summed E-state index contributed by atoms with van der Waals surface area (Å²) in [5.74, 6) is -2.67. The zero-order valence-corrected chi connectivity index (χ0v) is 12.0. The molecule has 0 aromatic heterocycles. The van der Waals surface area contributed by atoms with Crippen LogP contribution in [0.2, 0.25) is 0 Å². The molecule has 0 unspecified atom stereocenters. The lowest BCUT2D eigenvalue weighted by molar-refractivity contribution is -0.119. The number of carbonyl (C=O) groups excluding carboxylic acids is 1. The molecule has 0 atom stereocenters. The average molecular weight is 304 g/mol. The number of halogens is 2. The van der Waals surface area contributed by atoms with Gasteiger partial charge < -0.3 is 15.4 Å². The predicted molar refractivity (Wildman–Crippen MR) is 76.3 cm³/mol. The number of methoxy groups -OCH3 is 1. The summed E-state index contributed by atoms with van der Waals surface area (Å²) in [6.07, 6.45) is 0.736. The topological polar surface area (TPSA) is 50.4 Å². The van der Waals surface area contributed by atoms with Crippen LogP contribution in [0.25, 0.3) is 0 Å². The number of alkyl halides is 2. The van der Waals surface area contributed by atoms with E-state index >= 15 is 0 Å². The number of anilines is 1. The van der Waals surface area contributed by atoms with E-state index in [1.165, 1.54) is 0 Å². The highest BCUT2D eigenvalue weighted by Crippen LogP contribution is 2.31. The lowest BCUT2D eigenvalue weighted by Crippen LogP contribution is -2.31. The molecule has 0 bridgehead atoms. The fraction of sp³-hybridized carbons (Fsp3) is 0.462. The number of nitrogens with one attached hydrogen (secondary N) is 2. The minimum Gasteiger partial charge on any atom is -0.385 e. The SMILES string of the molecule is COCCCNC(=O)CNc1ccccc1SC(F)F. The standard InChI is InChI=1S/C13H18F2N2O2S/c1-19-8-4-7-16-12(18)9-17-10-5-2-3-6-11(10)20-13(14)15/h2-3,5-6,13,17H,4,7-9H2,1H3,(H,16,18). The number of benzene rings is 1. The second-order valence-corrected chi connectivity index (χ2v) is 4.96. The summed E-state index contributed by atoms with van der Waals surface area (Å²) < 4.78 is 29.6. The molecular formula is C13H18F2N2O2S. The zero-order chi connectivity index (χ0) is 14.8. The molecular weight excluding hydrogens is 286 g/mol. The normalized spacial score (nSPS) is 10.6. The van der Waals surface area contributed by atoms with E-state index in [-0.39, 0.29) is 12.5 Å².